The fourth-order valence-corrected chi connectivity index (χ4v) is 1.82. The summed E-state index contributed by atoms with van der Waals surface area (Å²) in [4.78, 5) is 11.9. The van der Waals surface area contributed by atoms with Crippen molar-refractivity contribution >= 4 is 5.97 Å². The van der Waals surface area contributed by atoms with Crippen LogP contribution in [0.15, 0.2) is 0 Å². The lowest BCUT2D eigenvalue weighted by Gasteiger charge is -2.26. The summed E-state index contributed by atoms with van der Waals surface area (Å²) in [5.74, 6) is -0.185. The molecule has 0 aromatic carbocycles. The molecule has 0 heterocycles. The Morgan fingerprint density at radius 2 is 1.76 bits per heavy atom. The van der Waals surface area contributed by atoms with Gasteiger partial charge in [0.15, 0.2) is 0 Å². The Hall–Kier alpha value is -0.650. The summed E-state index contributed by atoms with van der Waals surface area (Å²) in [5.41, 5.74) is -0.733. The van der Waals surface area contributed by atoms with Crippen LogP contribution in [0.25, 0.3) is 0 Å². The molecule has 0 aromatic heterocycles. The van der Waals surface area contributed by atoms with E-state index in [1.54, 1.807) is 14.2 Å². The van der Waals surface area contributed by atoms with E-state index in [-0.39, 0.29) is 11.6 Å². The van der Waals surface area contributed by atoms with Crippen LogP contribution >= 0.6 is 0 Å². The van der Waals surface area contributed by atoms with Gasteiger partial charge in [-0.2, -0.15) is 0 Å². The maximum atomic E-state index is 11.9. The first-order valence-corrected chi connectivity index (χ1v) is 7.80. The monoisotopic (exact) mass is 303 g/mol. The van der Waals surface area contributed by atoms with Gasteiger partial charge in [-0.3, -0.25) is 4.79 Å². The second-order valence-corrected chi connectivity index (χ2v) is 6.09. The molecule has 21 heavy (non-hydrogen) atoms. The number of rotatable bonds is 12. The quantitative estimate of drug-likeness (QED) is 0.443. The molecule has 0 rings (SSSR count). The number of likely N-dealkylation sites (N-methyl/N-ethyl adjacent to an activating group) is 1. The number of nitrogens with one attached hydrogen (secondary N) is 1. The number of carbonyl (C=O) groups excluding carboxylic acids is 1. The zero-order valence-corrected chi connectivity index (χ0v) is 14.6. The number of methoxy groups -OCH3 is 1. The van der Waals surface area contributed by atoms with Gasteiger partial charge >= 0.3 is 5.97 Å². The third-order valence-corrected chi connectivity index (χ3v) is 3.89. The molecule has 0 aromatic rings. The van der Waals surface area contributed by atoms with Crippen LogP contribution in [0.1, 0.15) is 53.4 Å². The Bertz CT molecular complexity index is 294. The summed E-state index contributed by atoms with van der Waals surface area (Å²) in [6.45, 7) is 9.62. The molecular weight excluding hydrogens is 270 g/mol. The minimum atomic E-state index is -0.603. The molecule has 126 valence electrons. The van der Waals surface area contributed by atoms with Crippen LogP contribution in [0.2, 0.25) is 0 Å². The van der Waals surface area contributed by atoms with E-state index < -0.39 is 5.54 Å². The zero-order chi connectivity index (χ0) is 16.4. The van der Waals surface area contributed by atoms with Gasteiger partial charge in [-0.25, -0.2) is 0 Å². The van der Waals surface area contributed by atoms with Crippen LogP contribution < -0.4 is 5.32 Å². The highest BCUT2D eigenvalue weighted by Crippen LogP contribution is 2.16. The van der Waals surface area contributed by atoms with Crippen molar-refractivity contribution in [3.05, 3.63) is 0 Å². The molecule has 0 saturated heterocycles. The largest absolute Gasteiger partial charge is 0.465 e. The van der Waals surface area contributed by atoms with Crippen LogP contribution in [-0.4, -0.2) is 51.1 Å². The van der Waals surface area contributed by atoms with Crippen molar-refractivity contribution in [1.29, 1.82) is 0 Å². The van der Waals surface area contributed by atoms with Crippen molar-refractivity contribution in [3.63, 3.8) is 0 Å². The third-order valence-electron chi connectivity index (χ3n) is 3.89. The molecule has 0 spiro atoms. The fraction of sp³-hybridized carbons (Fsp3) is 0.938. The second-order valence-electron chi connectivity index (χ2n) is 6.09. The highest BCUT2D eigenvalue weighted by Gasteiger charge is 2.32. The topological polar surface area (TPSA) is 56.8 Å². The Morgan fingerprint density at radius 3 is 2.29 bits per heavy atom. The molecule has 5 nitrogen and oxygen atoms in total. The van der Waals surface area contributed by atoms with Crippen LogP contribution in [-0.2, 0) is 19.0 Å². The van der Waals surface area contributed by atoms with Crippen molar-refractivity contribution in [2.45, 2.75) is 64.5 Å². The van der Waals surface area contributed by atoms with E-state index in [0.29, 0.717) is 19.8 Å². The number of unbranched alkanes of at least 4 members (excludes halogenated alkanes) is 1. The smallest absolute Gasteiger partial charge is 0.326 e. The van der Waals surface area contributed by atoms with Gasteiger partial charge in [-0.1, -0.05) is 0 Å². The van der Waals surface area contributed by atoms with E-state index in [0.717, 1.165) is 25.7 Å². The Labute approximate surface area is 129 Å². The molecule has 1 unspecified atom stereocenters. The van der Waals surface area contributed by atoms with Gasteiger partial charge in [-0.05, 0) is 60.4 Å². The molecule has 0 fully saturated rings. The van der Waals surface area contributed by atoms with Crippen molar-refractivity contribution in [3.8, 4) is 0 Å². The summed E-state index contributed by atoms with van der Waals surface area (Å²) in [5, 5.41) is 3.06. The molecule has 0 bridgehead atoms. The van der Waals surface area contributed by atoms with Gasteiger partial charge in [0.2, 0.25) is 0 Å². The second kappa shape index (κ2) is 10.1. The Morgan fingerprint density at radius 1 is 1.10 bits per heavy atom. The minimum Gasteiger partial charge on any atom is -0.465 e. The predicted octanol–water partition coefficient (Wildman–Crippen LogP) is 2.53. The number of hydrogen-bond acceptors (Lipinski definition) is 5. The van der Waals surface area contributed by atoms with Crippen LogP contribution in [0, 0.1) is 0 Å². The SMILES string of the molecule is CCOC(=O)C(C)(CCCCOCCC(C)(C)OC)NC. The average Bonchev–Trinajstić information content (AvgIpc) is 2.46. The Balaban J connectivity index is 3.81. The van der Waals surface area contributed by atoms with E-state index in [1.165, 1.54) is 0 Å². The first-order chi connectivity index (χ1) is 9.81. The molecule has 0 saturated carbocycles. The van der Waals surface area contributed by atoms with Crippen molar-refractivity contribution in [1.82, 2.24) is 5.32 Å². The maximum absolute atomic E-state index is 11.9. The van der Waals surface area contributed by atoms with E-state index in [9.17, 15) is 4.79 Å². The molecule has 0 radical (unpaired) electrons. The molecule has 0 aliphatic carbocycles. The Kier molecular flexibility index (Phi) is 9.83. The van der Waals surface area contributed by atoms with E-state index in [1.807, 2.05) is 27.7 Å². The van der Waals surface area contributed by atoms with Crippen LogP contribution in [0.4, 0.5) is 0 Å². The number of ether oxygens (including phenoxy) is 3. The first kappa shape index (κ1) is 20.3. The molecule has 5 heteroatoms. The lowest BCUT2D eigenvalue weighted by atomic mass is 9.95. The van der Waals surface area contributed by atoms with Crippen molar-refractivity contribution in [2.24, 2.45) is 0 Å². The van der Waals surface area contributed by atoms with Gasteiger partial charge in [0.25, 0.3) is 0 Å². The van der Waals surface area contributed by atoms with Crippen molar-refractivity contribution in [2.75, 3.05) is 34.0 Å². The number of esters is 1. The molecule has 1 N–H and O–H groups in total. The summed E-state index contributed by atoms with van der Waals surface area (Å²) >= 11 is 0. The van der Waals surface area contributed by atoms with E-state index in [2.05, 4.69) is 5.32 Å². The summed E-state index contributed by atoms with van der Waals surface area (Å²) in [6.07, 6.45) is 3.48. The van der Waals surface area contributed by atoms with Gasteiger partial charge < -0.3 is 19.5 Å². The number of carbonyl (C=O) groups is 1. The van der Waals surface area contributed by atoms with E-state index in [4.69, 9.17) is 14.2 Å². The summed E-state index contributed by atoms with van der Waals surface area (Å²) in [6, 6.07) is 0. The summed E-state index contributed by atoms with van der Waals surface area (Å²) in [7, 11) is 3.51. The van der Waals surface area contributed by atoms with Gasteiger partial charge in [-0.15, -0.1) is 0 Å². The molecule has 0 amide bonds. The standard InChI is InChI=1S/C16H33NO4/c1-7-21-14(18)16(4,17-5)10-8-9-12-20-13-11-15(2,3)19-6/h17H,7-13H2,1-6H3. The number of hydrogen-bond donors (Lipinski definition) is 1. The average molecular weight is 303 g/mol. The highest BCUT2D eigenvalue weighted by atomic mass is 16.5. The normalized spacial score (nSPS) is 14.8. The van der Waals surface area contributed by atoms with Gasteiger partial charge in [0.05, 0.1) is 12.2 Å². The van der Waals surface area contributed by atoms with Gasteiger partial charge in [0.1, 0.15) is 5.54 Å². The minimum absolute atomic E-state index is 0.130. The maximum Gasteiger partial charge on any atom is 0.326 e. The summed E-state index contributed by atoms with van der Waals surface area (Å²) < 4.78 is 16.0. The van der Waals surface area contributed by atoms with Crippen LogP contribution in [0.5, 0.6) is 0 Å². The molecule has 1 atom stereocenters. The van der Waals surface area contributed by atoms with E-state index >= 15 is 0 Å². The lowest BCUT2D eigenvalue weighted by molar-refractivity contribution is -0.150. The highest BCUT2D eigenvalue weighted by molar-refractivity contribution is 5.80. The molecule has 0 aliphatic rings. The third kappa shape index (κ3) is 8.39. The fourth-order valence-electron chi connectivity index (χ4n) is 1.82. The molecular formula is C16H33NO4. The zero-order valence-electron chi connectivity index (χ0n) is 14.6. The first-order valence-electron chi connectivity index (χ1n) is 7.80. The lowest BCUT2D eigenvalue weighted by Crippen LogP contribution is -2.48. The van der Waals surface area contributed by atoms with Crippen LogP contribution in [0.3, 0.4) is 0 Å². The molecule has 0 aliphatic heterocycles. The predicted molar refractivity (Wildman–Crippen MR) is 84.5 cm³/mol. The van der Waals surface area contributed by atoms with Crippen molar-refractivity contribution < 1.29 is 19.0 Å². The van der Waals surface area contributed by atoms with Gasteiger partial charge in [0, 0.05) is 20.3 Å².